The second-order valence-corrected chi connectivity index (χ2v) is 8.24. The van der Waals surface area contributed by atoms with Gasteiger partial charge in [-0.2, -0.15) is 4.98 Å². The standard InChI is InChI=1S/C22H24BrFN4O2/c1-14-6-7-16(12-18(14)24)22-26-21(30-27-22)5-4-10-28(3)13-20(29)25-19-9-8-17(23)11-15(19)2/h6-9,11-12H,4-5,10,13H2,1-3H3,(H,25,29). The summed E-state index contributed by atoms with van der Waals surface area (Å²) in [5.41, 5.74) is 2.97. The van der Waals surface area contributed by atoms with Crippen molar-refractivity contribution in [2.75, 3.05) is 25.5 Å². The Balaban J connectivity index is 1.45. The molecular weight excluding hydrogens is 451 g/mol. The molecule has 1 N–H and O–H groups in total. The summed E-state index contributed by atoms with van der Waals surface area (Å²) in [6, 6.07) is 10.6. The van der Waals surface area contributed by atoms with Gasteiger partial charge in [-0.1, -0.05) is 33.2 Å². The first-order valence-electron chi connectivity index (χ1n) is 9.65. The van der Waals surface area contributed by atoms with Crippen LogP contribution in [0.1, 0.15) is 23.4 Å². The lowest BCUT2D eigenvalue weighted by molar-refractivity contribution is -0.117. The fraction of sp³-hybridized carbons (Fsp3) is 0.318. The van der Waals surface area contributed by atoms with Gasteiger partial charge in [-0.25, -0.2) is 4.39 Å². The summed E-state index contributed by atoms with van der Waals surface area (Å²) >= 11 is 3.42. The van der Waals surface area contributed by atoms with Crippen LogP contribution in [0.25, 0.3) is 11.4 Å². The number of carbonyl (C=O) groups is 1. The van der Waals surface area contributed by atoms with Gasteiger partial charge in [0, 0.05) is 22.1 Å². The van der Waals surface area contributed by atoms with E-state index in [2.05, 4.69) is 31.4 Å². The van der Waals surface area contributed by atoms with Crippen molar-refractivity contribution in [3.8, 4) is 11.4 Å². The van der Waals surface area contributed by atoms with E-state index in [1.165, 1.54) is 6.07 Å². The van der Waals surface area contributed by atoms with Gasteiger partial charge in [0.25, 0.3) is 0 Å². The zero-order chi connectivity index (χ0) is 21.7. The van der Waals surface area contributed by atoms with E-state index >= 15 is 0 Å². The summed E-state index contributed by atoms with van der Waals surface area (Å²) in [6.45, 7) is 4.64. The first kappa shape index (κ1) is 22.1. The molecular formula is C22H24BrFN4O2. The number of anilines is 1. The van der Waals surface area contributed by atoms with Crippen molar-refractivity contribution < 1.29 is 13.7 Å². The van der Waals surface area contributed by atoms with Crippen molar-refractivity contribution >= 4 is 27.5 Å². The molecule has 1 amide bonds. The van der Waals surface area contributed by atoms with E-state index in [-0.39, 0.29) is 18.3 Å². The average molecular weight is 475 g/mol. The quantitative estimate of drug-likeness (QED) is 0.509. The highest BCUT2D eigenvalue weighted by Gasteiger charge is 2.12. The predicted molar refractivity (Wildman–Crippen MR) is 118 cm³/mol. The second-order valence-electron chi connectivity index (χ2n) is 7.32. The third-order valence-electron chi connectivity index (χ3n) is 4.70. The fourth-order valence-electron chi connectivity index (χ4n) is 2.99. The summed E-state index contributed by atoms with van der Waals surface area (Å²) in [5, 5.41) is 6.86. The van der Waals surface area contributed by atoms with Crippen LogP contribution in [-0.2, 0) is 11.2 Å². The predicted octanol–water partition coefficient (Wildman–Crippen LogP) is 4.76. The molecule has 0 fully saturated rings. The lowest BCUT2D eigenvalue weighted by atomic mass is 10.1. The van der Waals surface area contributed by atoms with Gasteiger partial charge in [-0.3, -0.25) is 9.69 Å². The SMILES string of the molecule is Cc1ccc(-c2noc(CCCN(C)CC(=O)Nc3ccc(Br)cc3C)n2)cc1F. The van der Waals surface area contributed by atoms with E-state index < -0.39 is 0 Å². The van der Waals surface area contributed by atoms with Crippen molar-refractivity contribution in [3.63, 3.8) is 0 Å². The fourth-order valence-corrected chi connectivity index (χ4v) is 3.46. The third-order valence-corrected chi connectivity index (χ3v) is 5.20. The maximum Gasteiger partial charge on any atom is 0.238 e. The Labute approximate surface area is 183 Å². The minimum atomic E-state index is -0.294. The van der Waals surface area contributed by atoms with Gasteiger partial charge >= 0.3 is 0 Å². The highest BCUT2D eigenvalue weighted by molar-refractivity contribution is 9.10. The van der Waals surface area contributed by atoms with E-state index in [0.717, 1.165) is 22.1 Å². The zero-order valence-corrected chi connectivity index (χ0v) is 18.8. The summed E-state index contributed by atoms with van der Waals surface area (Å²) < 4.78 is 20.0. The number of carbonyl (C=O) groups excluding carboxylic acids is 1. The molecule has 1 heterocycles. The lowest BCUT2D eigenvalue weighted by Crippen LogP contribution is -2.31. The number of nitrogens with one attached hydrogen (secondary N) is 1. The summed E-state index contributed by atoms with van der Waals surface area (Å²) in [7, 11) is 1.89. The number of aromatic nitrogens is 2. The largest absolute Gasteiger partial charge is 0.339 e. The number of amides is 1. The number of nitrogens with zero attached hydrogens (tertiary/aromatic N) is 3. The van der Waals surface area contributed by atoms with E-state index in [1.807, 2.05) is 37.1 Å². The molecule has 0 saturated carbocycles. The van der Waals surface area contributed by atoms with Crippen molar-refractivity contribution in [3.05, 3.63) is 63.7 Å². The Bertz CT molecular complexity index is 1040. The van der Waals surface area contributed by atoms with Gasteiger partial charge in [0.2, 0.25) is 17.6 Å². The molecule has 0 aliphatic rings. The van der Waals surface area contributed by atoms with Crippen LogP contribution in [0, 0.1) is 19.7 Å². The Hall–Kier alpha value is -2.58. The Morgan fingerprint density at radius 1 is 1.20 bits per heavy atom. The first-order valence-corrected chi connectivity index (χ1v) is 10.4. The monoisotopic (exact) mass is 474 g/mol. The smallest absolute Gasteiger partial charge is 0.238 e. The molecule has 0 bridgehead atoms. The van der Waals surface area contributed by atoms with Crippen LogP contribution in [-0.4, -0.2) is 41.1 Å². The van der Waals surface area contributed by atoms with Crippen molar-refractivity contribution in [1.82, 2.24) is 15.0 Å². The number of rotatable bonds is 8. The van der Waals surface area contributed by atoms with E-state index in [0.29, 0.717) is 35.8 Å². The van der Waals surface area contributed by atoms with E-state index in [9.17, 15) is 9.18 Å². The first-order chi connectivity index (χ1) is 14.3. The molecule has 0 radical (unpaired) electrons. The van der Waals surface area contributed by atoms with Gasteiger partial charge < -0.3 is 9.84 Å². The topological polar surface area (TPSA) is 71.3 Å². The second kappa shape index (κ2) is 9.95. The number of benzene rings is 2. The van der Waals surface area contributed by atoms with Crippen LogP contribution in [0.15, 0.2) is 45.4 Å². The molecule has 0 spiro atoms. The highest BCUT2D eigenvalue weighted by atomic mass is 79.9. The maximum atomic E-state index is 13.7. The van der Waals surface area contributed by atoms with Crippen molar-refractivity contribution in [2.45, 2.75) is 26.7 Å². The van der Waals surface area contributed by atoms with Gasteiger partial charge in [0.05, 0.1) is 6.54 Å². The van der Waals surface area contributed by atoms with Crippen LogP contribution >= 0.6 is 15.9 Å². The number of likely N-dealkylation sites (N-methyl/N-ethyl adjacent to an activating group) is 1. The molecule has 6 nitrogen and oxygen atoms in total. The molecule has 8 heteroatoms. The number of halogens is 2. The number of aryl methyl sites for hydroxylation is 3. The highest BCUT2D eigenvalue weighted by Crippen LogP contribution is 2.20. The number of hydrogen-bond acceptors (Lipinski definition) is 5. The molecule has 3 rings (SSSR count). The van der Waals surface area contributed by atoms with Crippen LogP contribution in [0.4, 0.5) is 10.1 Å². The Kier molecular flexibility index (Phi) is 7.33. The normalized spacial score (nSPS) is 11.1. The molecule has 0 unspecified atom stereocenters. The molecule has 0 aliphatic carbocycles. The zero-order valence-electron chi connectivity index (χ0n) is 17.2. The van der Waals surface area contributed by atoms with Crippen molar-refractivity contribution in [1.29, 1.82) is 0 Å². The van der Waals surface area contributed by atoms with Crippen LogP contribution in [0.3, 0.4) is 0 Å². The van der Waals surface area contributed by atoms with Crippen LogP contribution < -0.4 is 5.32 Å². The molecule has 1 aromatic heterocycles. The molecule has 2 aromatic carbocycles. The molecule has 3 aromatic rings. The van der Waals surface area contributed by atoms with Gasteiger partial charge in [-0.05, 0) is 69.3 Å². The van der Waals surface area contributed by atoms with Gasteiger partial charge in [0.1, 0.15) is 5.82 Å². The Morgan fingerprint density at radius 2 is 2.00 bits per heavy atom. The lowest BCUT2D eigenvalue weighted by Gasteiger charge is -2.16. The van der Waals surface area contributed by atoms with Crippen LogP contribution in [0.2, 0.25) is 0 Å². The van der Waals surface area contributed by atoms with Crippen molar-refractivity contribution in [2.24, 2.45) is 0 Å². The molecule has 0 saturated heterocycles. The summed E-state index contributed by atoms with van der Waals surface area (Å²) in [5.74, 6) is 0.511. The maximum absolute atomic E-state index is 13.7. The minimum Gasteiger partial charge on any atom is -0.339 e. The van der Waals surface area contributed by atoms with Gasteiger partial charge in [-0.15, -0.1) is 0 Å². The Morgan fingerprint density at radius 3 is 2.73 bits per heavy atom. The molecule has 158 valence electrons. The van der Waals surface area contributed by atoms with Crippen LogP contribution in [0.5, 0.6) is 0 Å². The average Bonchev–Trinajstić information content (AvgIpc) is 3.15. The molecule has 30 heavy (non-hydrogen) atoms. The summed E-state index contributed by atoms with van der Waals surface area (Å²) in [6.07, 6.45) is 1.34. The number of hydrogen-bond donors (Lipinski definition) is 1. The summed E-state index contributed by atoms with van der Waals surface area (Å²) in [4.78, 5) is 18.5. The minimum absolute atomic E-state index is 0.0654. The molecule has 0 atom stereocenters. The van der Waals surface area contributed by atoms with Gasteiger partial charge in [0.15, 0.2) is 0 Å². The third kappa shape index (κ3) is 5.96. The molecule has 0 aliphatic heterocycles. The van der Waals surface area contributed by atoms with E-state index in [1.54, 1.807) is 19.1 Å². The van der Waals surface area contributed by atoms with E-state index in [4.69, 9.17) is 4.52 Å².